The number of anilines is 1. The summed E-state index contributed by atoms with van der Waals surface area (Å²) in [6, 6.07) is 3.85. The van der Waals surface area contributed by atoms with Gasteiger partial charge >= 0.3 is 0 Å². The summed E-state index contributed by atoms with van der Waals surface area (Å²) in [7, 11) is 1.62. The Bertz CT molecular complexity index is 1120. The molecule has 0 saturated heterocycles. The summed E-state index contributed by atoms with van der Waals surface area (Å²) in [5, 5.41) is 11.8. The number of halogens is 1. The second-order valence-corrected chi connectivity index (χ2v) is 9.08. The number of aromatic nitrogens is 3. The Morgan fingerprint density at radius 3 is 2.91 bits per heavy atom. The molecule has 1 saturated carbocycles. The van der Waals surface area contributed by atoms with Crippen molar-refractivity contribution in [1.82, 2.24) is 20.3 Å². The van der Waals surface area contributed by atoms with Crippen molar-refractivity contribution >= 4 is 34.6 Å². The Hall–Kier alpha value is -3.01. The van der Waals surface area contributed by atoms with Gasteiger partial charge in [-0.2, -0.15) is 5.10 Å². The van der Waals surface area contributed by atoms with Gasteiger partial charge in [0.1, 0.15) is 11.1 Å². The van der Waals surface area contributed by atoms with E-state index in [2.05, 4.69) is 26.9 Å². The summed E-state index contributed by atoms with van der Waals surface area (Å²) in [5.74, 6) is 1.30. The lowest BCUT2D eigenvalue weighted by molar-refractivity contribution is -0.119. The third kappa shape index (κ3) is 5.87. The van der Waals surface area contributed by atoms with E-state index in [0.717, 1.165) is 28.2 Å². The van der Waals surface area contributed by atoms with Crippen LogP contribution in [0, 0.1) is 5.92 Å². The fraction of sp³-hybridized carbons (Fsp3) is 0.435. The van der Waals surface area contributed by atoms with Crippen molar-refractivity contribution in [3.63, 3.8) is 0 Å². The molecule has 0 aliphatic heterocycles. The summed E-state index contributed by atoms with van der Waals surface area (Å²) >= 11 is 1.67. The standard InChI is InChI=1S/C23H28FN5O3S/c1-15(24)23(30)25-10-18-11-26-29(13-18)12-17-8-19(31-2)21-20(9-17)32-27-22(21)28-33-14-16-6-4-3-5-7-16/h8-9,11,13,16H,1,3-7,10,12,14H2,2H3,(H,25,30)(H,27,28). The van der Waals surface area contributed by atoms with Gasteiger partial charge in [0.05, 0.1) is 19.9 Å². The first kappa shape index (κ1) is 23.2. The number of hydrogen-bond donors (Lipinski definition) is 2. The quantitative estimate of drug-likeness (QED) is 0.322. The minimum atomic E-state index is -1.02. The van der Waals surface area contributed by atoms with Crippen LogP contribution >= 0.6 is 11.9 Å². The summed E-state index contributed by atoms with van der Waals surface area (Å²) in [4.78, 5) is 11.3. The maximum atomic E-state index is 12.8. The number of hydrogen-bond acceptors (Lipinski definition) is 7. The third-order valence-corrected chi connectivity index (χ3v) is 6.74. The molecule has 1 amide bonds. The molecule has 8 nitrogen and oxygen atoms in total. The zero-order chi connectivity index (χ0) is 23.2. The van der Waals surface area contributed by atoms with Crippen LogP contribution in [-0.4, -0.2) is 33.7 Å². The van der Waals surface area contributed by atoms with Gasteiger partial charge in [0.25, 0.3) is 5.91 Å². The van der Waals surface area contributed by atoms with E-state index < -0.39 is 11.7 Å². The van der Waals surface area contributed by atoms with Crippen LogP contribution < -0.4 is 14.8 Å². The Morgan fingerprint density at radius 2 is 2.15 bits per heavy atom. The molecule has 0 bridgehead atoms. The molecule has 1 aromatic carbocycles. The Kier molecular flexibility index (Phi) is 7.54. The van der Waals surface area contributed by atoms with E-state index in [1.807, 2.05) is 12.1 Å². The summed E-state index contributed by atoms with van der Waals surface area (Å²) in [6.07, 6.45) is 10.0. The largest absolute Gasteiger partial charge is 0.496 e. The van der Waals surface area contributed by atoms with E-state index >= 15 is 0 Å². The van der Waals surface area contributed by atoms with Crippen LogP contribution in [0.15, 0.2) is 41.5 Å². The fourth-order valence-corrected chi connectivity index (χ4v) is 4.97. The van der Waals surface area contributed by atoms with Crippen LogP contribution in [0.1, 0.15) is 43.2 Å². The lowest BCUT2D eigenvalue weighted by Gasteiger charge is -2.20. The average molecular weight is 474 g/mol. The fourth-order valence-electron chi connectivity index (χ4n) is 4.04. The van der Waals surface area contributed by atoms with Crippen LogP contribution in [0.5, 0.6) is 5.75 Å². The summed E-state index contributed by atoms with van der Waals surface area (Å²) in [6.45, 7) is 3.61. The SMILES string of the molecule is C=C(F)C(=O)NCc1cnn(Cc2cc(OC)c3c(NSCC4CCCCC4)noc3c2)c1. The number of fused-ring (bicyclic) bond motifs is 1. The number of rotatable bonds is 10. The summed E-state index contributed by atoms with van der Waals surface area (Å²) in [5.41, 5.74) is 2.30. The molecule has 1 fully saturated rings. The Balaban J connectivity index is 1.41. The monoisotopic (exact) mass is 473 g/mol. The average Bonchev–Trinajstić information content (AvgIpc) is 3.44. The van der Waals surface area contributed by atoms with Crippen LogP contribution in [0.25, 0.3) is 11.0 Å². The van der Waals surface area contributed by atoms with Gasteiger partial charge in [0, 0.05) is 24.1 Å². The van der Waals surface area contributed by atoms with Gasteiger partial charge in [-0.1, -0.05) is 42.9 Å². The lowest BCUT2D eigenvalue weighted by Crippen LogP contribution is -2.22. The van der Waals surface area contributed by atoms with Crippen molar-refractivity contribution in [1.29, 1.82) is 0 Å². The molecule has 10 heteroatoms. The number of methoxy groups -OCH3 is 1. The van der Waals surface area contributed by atoms with E-state index in [4.69, 9.17) is 9.26 Å². The molecule has 33 heavy (non-hydrogen) atoms. The third-order valence-electron chi connectivity index (χ3n) is 5.76. The maximum Gasteiger partial charge on any atom is 0.279 e. The molecule has 0 atom stereocenters. The van der Waals surface area contributed by atoms with E-state index in [0.29, 0.717) is 23.7 Å². The van der Waals surface area contributed by atoms with Crippen LogP contribution in [0.2, 0.25) is 0 Å². The second-order valence-electron chi connectivity index (χ2n) is 8.25. The molecule has 1 aliphatic carbocycles. The molecule has 0 spiro atoms. The van der Waals surface area contributed by atoms with Gasteiger partial charge in [0.15, 0.2) is 17.2 Å². The van der Waals surface area contributed by atoms with Gasteiger partial charge in [-0.3, -0.25) is 9.48 Å². The number of carbonyl (C=O) groups is 1. The molecule has 1 aliphatic rings. The zero-order valence-corrected chi connectivity index (χ0v) is 19.4. The van der Waals surface area contributed by atoms with Gasteiger partial charge in [-0.25, -0.2) is 4.39 Å². The maximum absolute atomic E-state index is 12.8. The molecule has 2 N–H and O–H groups in total. The van der Waals surface area contributed by atoms with Crippen molar-refractivity contribution < 1.29 is 18.4 Å². The minimum Gasteiger partial charge on any atom is -0.496 e. The normalized spacial score (nSPS) is 14.4. The van der Waals surface area contributed by atoms with Crippen molar-refractivity contribution in [3.05, 3.63) is 48.1 Å². The number of nitrogens with one attached hydrogen (secondary N) is 2. The molecule has 4 rings (SSSR count). The lowest BCUT2D eigenvalue weighted by atomic mass is 9.91. The zero-order valence-electron chi connectivity index (χ0n) is 18.6. The highest BCUT2D eigenvalue weighted by Gasteiger charge is 2.18. The van der Waals surface area contributed by atoms with Gasteiger partial charge in [-0.15, -0.1) is 0 Å². The number of benzene rings is 1. The van der Waals surface area contributed by atoms with Crippen molar-refractivity contribution in [2.45, 2.75) is 45.2 Å². The van der Waals surface area contributed by atoms with Gasteiger partial charge in [-0.05, 0) is 36.5 Å². The number of carbonyl (C=O) groups excluding carboxylic acids is 1. The highest BCUT2D eigenvalue weighted by atomic mass is 32.2. The first-order valence-electron chi connectivity index (χ1n) is 11.0. The predicted octanol–water partition coefficient (Wildman–Crippen LogP) is 4.82. The van der Waals surface area contributed by atoms with Gasteiger partial charge in [0.2, 0.25) is 0 Å². The van der Waals surface area contributed by atoms with Crippen molar-refractivity contribution in [3.8, 4) is 5.75 Å². The predicted molar refractivity (Wildman–Crippen MR) is 127 cm³/mol. The Labute approximate surface area is 196 Å². The Morgan fingerprint density at radius 1 is 1.33 bits per heavy atom. The van der Waals surface area contributed by atoms with E-state index in [1.54, 1.807) is 36.1 Å². The number of ether oxygens (including phenoxy) is 1. The van der Waals surface area contributed by atoms with Crippen LogP contribution in [0.3, 0.4) is 0 Å². The van der Waals surface area contributed by atoms with E-state index in [-0.39, 0.29) is 6.54 Å². The molecule has 0 radical (unpaired) electrons. The minimum absolute atomic E-state index is 0.166. The molecule has 2 heterocycles. The molecular weight excluding hydrogens is 445 g/mol. The molecule has 3 aromatic rings. The first-order valence-corrected chi connectivity index (χ1v) is 12.0. The van der Waals surface area contributed by atoms with E-state index in [1.165, 1.54) is 32.1 Å². The van der Waals surface area contributed by atoms with Crippen LogP contribution in [-0.2, 0) is 17.9 Å². The van der Waals surface area contributed by atoms with Crippen molar-refractivity contribution in [2.24, 2.45) is 5.92 Å². The first-order chi connectivity index (χ1) is 16.0. The molecular formula is C23H28FN5O3S. The van der Waals surface area contributed by atoms with Gasteiger partial charge < -0.3 is 19.3 Å². The van der Waals surface area contributed by atoms with E-state index in [9.17, 15) is 9.18 Å². The topological polar surface area (TPSA) is 94.2 Å². The molecule has 2 aromatic heterocycles. The summed E-state index contributed by atoms with van der Waals surface area (Å²) < 4.78 is 29.1. The highest BCUT2D eigenvalue weighted by Crippen LogP contribution is 2.35. The molecule has 0 unspecified atom stereocenters. The van der Waals surface area contributed by atoms with Crippen LogP contribution in [0.4, 0.5) is 10.2 Å². The number of amides is 1. The van der Waals surface area contributed by atoms with Crippen molar-refractivity contribution in [2.75, 3.05) is 17.6 Å². The smallest absolute Gasteiger partial charge is 0.279 e. The molecule has 176 valence electrons. The number of nitrogens with zero attached hydrogens (tertiary/aromatic N) is 3. The highest BCUT2D eigenvalue weighted by molar-refractivity contribution is 8.00. The second kappa shape index (κ2) is 10.7.